The topological polar surface area (TPSA) is 86.5 Å². The molecule has 0 heterocycles. The number of benzene rings is 1. The number of rotatable bonds is 3. The lowest BCUT2D eigenvalue weighted by Gasteiger charge is -2.04. The molecule has 0 N–H and O–H groups in total. The van der Waals surface area contributed by atoms with Crippen LogP contribution in [0.3, 0.4) is 0 Å². The molecule has 0 bridgehead atoms. The molecule has 7 heteroatoms. The lowest BCUT2D eigenvalue weighted by molar-refractivity contribution is -0.385. The highest BCUT2D eigenvalue weighted by molar-refractivity contribution is 6.34. The number of ether oxygens (including phenoxy) is 1. The van der Waals surface area contributed by atoms with E-state index in [1.165, 1.54) is 0 Å². The zero-order valence-electron chi connectivity index (χ0n) is 8.10. The first-order chi connectivity index (χ1) is 7.51. The summed E-state index contributed by atoms with van der Waals surface area (Å²) in [6, 6.07) is 2.12. The van der Waals surface area contributed by atoms with Crippen LogP contribution in [0.2, 0.25) is 5.02 Å². The summed E-state index contributed by atoms with van der Waals surface area (Å²) in [5.74, 6) is -0.922. The molecule has 0 amide bonds. The van der Waals surface area contributed by atoms with Crippen LogP contribution < -0.4 is 0 Å². The fourth-order valence-electron chi connectivity index (χ4n) is 1.13. The van der Waals surface area contributed by atoms with E-state index < -0.39 is 16.6 Å². The quantitative estimate of drug-likeness (QED) is 0.350. The molecule has 0 fully saturated rings. The van der Waals surface area contributed by atoms with Crippen LogP contribution in [-0.2, 0) is 4.74 Å². The van der Waals surface area contributed by atoms with Crippen LogP contribution in [0.1, 0.15) is 20.7 Å². The second-order valence-electron chi connectivity index (χ2n) is 2.76. The van der Waals surface area contributed by atoms with Crippen molar-refractivity contribution >= 4 is 29.5 Å². The van der Waals surface area contributed by atoms with Crippen LogP contribution in [0.5, 0.6) is 0 Å². The van der Waals surface area contributed by atoms with Crippen molar-refractivity contribution in [3.63, 3.8) is 0 Å². The van der Waals surface area contributed by atoms with Gasteiger partial charge in [0.15, 0.2) is 5.56 Å². The number of esters is 1. The fourth-order valence-corrected chi connectivity index (χ4v) is 1.43. The molecule has 0 aliphatic carbocycles. The number of nitrogens with zero attached hydrogens (tertiary/aromatic N) is 1. The molecule has 0 atom stereocenters. The highest BCUT2D eigenvalue weighted by Gasteiger charge is 2.25. The van der Waals surface area contributed by atoms with Gasteiger partial charge in [-0.05, 0) is 6.07 Å². The van der Waals surface area contributed by atoms with Gasteiger partial charge in [-0.25, -0.2) is 4.79 Å². The van der Waals surface area contributed by atoms with E-state index in [2.05, 4.69) is 4.74 Å². The average molecular weight is 244 g/mol. The van der Waals surface area contributed by atoms with Gasteiger partial charge in [-0.15, -0.1) is 0 Å². The highest BCUT2D eigenvalue weighted by Crippen LogP contribution is 2.28. The maximum atomic E-state index is 11.3. The van der Waals surface area contributed by atoms with Crippen LogP contribution in [0.4, 0.5) is 5.69 Å². The fraction of sp³-hybridized carbons (Fsp3) is 0.111. The number of hydrogen-bond donors (Lipinski definition) is 0. The number of methoxy groups -OCH3 is 1. The minimum Gasteiger partial charge on any atom is -0.465 e. The SMILES string of the molecule is COC(=O)c1c(Cl)cc(C=O)cc1[N+](=O)[O-]. The third kappa shape index (κ3) is 2.17. The molecular weight excluding hydrogens is 238 g/mol. The second-order valence-corrected chi connectivity index (χ2v) is 3.17. The number of halogens is 1. The van der Waals surface area contributed by atoms with E-state index in [1.807, 2.05) is 0 Å². The number of carbonyl (C=O) groups excluding carboxylic acids is 2. The van der Waals surface area contributed by atoms with E-state index in [0.29, 0.717) is 6.29 Å². The van der Waals surface area contributed by atoms with Crippen molar-refractivity contribution in [1.29, 1.82) is 0 Å². The first-order valence-electron chi connectivity index (χ1n) is 4.02. The molecule has 0 saturated heterocycles. The molecule has 0 aromatic heterocycles. The van der Waals surface area contributed by atoms with Crippen molar-refractivity contribution in [2.24, 2.45) is 0 Å². The van der Waals surface area contributed by atoms with Crippen molar-refractivity contribution in [2.75, 3.05) is 7.11 Å². The maximum absolute atomic E-state index is 11.3. The molecule has 1 rings (SSSR count). The first kappa shape index (κ1) is 12.1. The van der Waals surface area contributed by atoms with E-state index in [4.69, 9.17) is 11.6 Å². The van der Waals surface area contributed by atoms with E-state index in [1.54, 1.807) is 0 Å². The number of carbonyl (C=O) groups is 2. The standard InChI is InChI=1S/C9H6ClNO5/c1-16-9(13)8-6(10)2-5(4-12)3-7(8)11(14)15/h2-4H,1H3. The Hall–Kier alpha value is -1.95. The van der Waals surface area contributed by atoms with E-state index in [0.717, 1.165) is 19.2 Å². The zero-order valence-corrected chi connectivity index (χ0v) is 8.85. The second kappa shape index (κ2) is 4.71. The number of aldehydes is 1. The molecule has 0 aliphatic heterocycles. The number of nitro benzene ring substituents is 1. The molecule has 84 valence electrons. The predicted octanol–water partition coefficient (Wildman–Crippen LogP) is 1.85. The molecule has 0 radical (unpaired) electrons. The minimum absolute atomic E-state index is 0.0179. The maximum Gasteiger partial charge on any atom is 0.346 e. The molecular formula is C9H6ClNO5. The Kier molecular flexibility index (Phi) is 3.57. The Balaban J connectivity index is 3.51. The summed E-state index contributed by atoms with van der Waals surface area (Å²) in [5, 5.41) is 10.5. The summed E-state index contributed by atoms with van der Waals surface area (Å²) >= 11 is 5.67. The summed E-state index contributed by atoms with van der Waals surface area (Å²) in [6.45, 7) is 0. The monoisotopic (exact) mass is 243 g/mol. The molecule has 1 aromatic carbocycles. The van der Waals surface area contributed by atoms with Crippen molar-refractivity contribution in [3.8, 4) is 0 Å². The smallest absolute Gasteiger partial charge is 0.346 e. The van der Waals surface area contributed by atoms with Crippen LogP contribution in [0, 0.1) is 10.1 Å². The van der Waals surface area contributed by atoms with Gasteiger partial charge in [-0.2, -0.15) is 0 Å². The van der Waals surface area contributed by atoms with Crippen molar-refractivity contribution in [2.45, 2.75) is 0 Å². The predicted molar refractivity (Wildman–Crippen MR) is 54.8 cm³/mol. The Labute approximate surface area is 94.9 Å². The number of nitro groups is 1. The highest BCUT2D eigenvalue weighted by atomic mass is 35.5. The lowest BCUT2D eigenvalue weighted by atomic mass is 10.1. The summed E-state index contributed by atoms with van der Waals surface area (Å²) in [7, 11) is 1.08. The van der Waals surface area contributed by atoms with Gasteiger partial charge in [-0.3, -0.25) is 14.9 Å². The van der Waals surface area contributed by atoms with E-state index in [-0.39, 0.29) is 16.1 Å². The molecule has 1 aromatic rings. The first-order valence-corrected chi connectivity index (χ1v) is 4.40. The minimum atomic E-state index is -0.922. The van der Waals surface area contributed by atoms with Gasteiger partial charge in [-0.1, -0.05) is 11.6 Å². The van der Waals surface area contributed by atoms with Gasteiger partial charge in [0.2, 0.25) is 0 Å². The van der Waals surface area contributed by atoms with E-state index in [9.17, 15) is 19.7 Å². The molecule has 0 saturated carbocycles. The van der Waals surface area contributed by atoms with Gasteiger partial charge in [0, 0.05) is 11.6 Å². The van der Waals surface area contributed by atoms with Gasteiger partial charge >= 0.3 is 5.97 Å². The Bertz CT molecular complexity index is 471. The largest absolute Gasteiger partial charge is 0.465 e. The summed E-state index contributed by atoms with van der Waals surface area (Å²) in [4.78, 5) is 31.6. The Morgan fingerprint density at radius 1 is 1.56 bits per heavy atom. The number of hydrogen-bond acceptors (Lipinski definition) is 5. The Morgan fingerprint density at radius 2 is 2.19 bits per heavy atom. The van der Waals surface area contributed by atoms with Crippen LogP contribution >= 0.6 is 11.6 Å². The lowest BCUT2D eigenvalue weighted by Crippen LogP contribution is -2.07. The van der Waals surface area contributed by atoms with E-state index >= 15 is 0 Å². The summed E-state index contributed by atoms with van der Waals surface area (Å²) in [5.41, 5.74) is -0.898. The summed E-state index contributed by atoms with van der Waals surface area (Å²) < 4.78 is 4.37. The molecule has 0 spiro atoms. The van der Waals surface area contributed by atoms with Gasteiger partial charge in [0.1, 0.15) is 6.29 Å². The molecule has 0 unspecified atom stereocenters. The third-order valence-electron chi connectivity index (χ3n) is 1.81. The zero-order chi connectivity index (χ0) is 12.3. The van der Waals surface area contributed by atoms with Crippen LogP contribution in [0.25, 0.3) is 0 Å². The van der Waals surface area contributed by atoms with Crippen LogP contribution in [-0.4, -0.2) is 24.3 Å². The van der Waals surface area contributed by atoms with Gasteiger partial charge < -0.3 is 4.74 Å². The molecule has 6 nitrogen and oxygen atoms in total. The average Bonchev–Trinajstić information content (AvgIpc) is 2.26. The molecule has 0 aliphatic rings. The van der Waals surface area contributed by atoms with Crippen molar-refractivity contribution < 1.29 is 19.2 Å². The normalized spacial score (nSPS) is 9.62. The van der Waals surface area contributed by atoms with Gasteiger partial charge in [0.05, 0.1) is 17.1 Å². The van der Waals surface area contributed by atoms with Crippen molar-refractivity contribution in [3.05, 3.63) is 38.4 Å². The van der Waals surface area contributed by atoms with Gasteiger partial charge in [0.25, 0.3) is 5.69 Å². The molecule has 16 heavy (non-hydrogen) atoms. The Morgan fingerprint density at radius 3 is 2.62 bits per heavy atom. The van der Waals surface area contributed by atoms with Crippen molar-refractivity contribution in [1.82, 2.24) is 0 Å². The van der Waals surface area contributed by atoms with Crippen LogP contribution in [0.15, 0.2) is 12.1 Å². The summed E-state index contributed by atoms with van der Waals surface area (Å²) in [6.07, 6.45) is 0.403. The third-order valence-corrected chi connectivity index (χ3v) is 2.11.